The van der Waals surface area contributed by atoms with Gasteiger partial charge >= 0.3 is 0 Å². The highest BCUT2D eigenvalue weighted by Gasteiger charge is 2.11. The van der Waals surface area contributed by atoms with Crippen molar-refractivity contribution in [1.82, 2.24) is 9.97 Å². The zero-order valence-electron chi connectivity index (χ0n) is 9.08. The third-order valence-electron chi connectivity index (χ3n) is 2.57. The van der Waals surface area contributed by atoms with Gasteiger partial charge < -0.3 is 5.73 Å². The van der Waals surface area contributed by atoms with Crippen LogP contribution in [0, 0.1) is 0 Å². The molecule has 1 unspecified atom stereocenters. The second-order valence-corrected chi connectivity index (χ2v) is 3.71. The van der Waals surface area contributed by atoms with Crippen LogP contribution in [0.5, 0.6) is 0 Å². The first-order valence-electron chi connectivity index (χ1n) is 5.41. The summed E-state index contributed by atoms with van der Waals surface area (Å²) in [6, 6.07) is 11.9. The van der Waals surface area contributed by atoms with Gasteiger partial charge in [0.2, 0.25) is 0 Å². The summed E-state index contributed by atoms with van der Waals surface area (Å²) in [7, 11) is 0. The molecule has 0 aliphatic rings. The van der Waals surface area contributed by atoms with Gasteiger partial charge in [0.15, 0.2) is 0 Å². The molecule has 2 rings (SSSR count). The zero-order valence-corrected chi connectivity index (χ0v) is 9.08. The van der Waals surface area contributed by atoms with E-state index in [0.717, 1.165) is 17.8 Å². The molecule has 0 aromatic carbocycles. The Morgan fingerprint density at radius 3 is 2.31 bits per heavy atom. The zero-order chi connectivity index (χ0) is 11.2. The number of nitrogens with two attached hydrogens (primary N) is 1. The van der Waals surface area contributed by atoms with Crippen LogP contribution < -0.4 is 5.73 Å². The fourth-order valence-electron chi connectivity index (χ4n) is 1.70. The summed E-state index contributed by atoms with van der Waals surface area (Å²) >= 11 is 0. The molecular formula is C13H15N3. The van der Waals surface area contributed by atoms with E-state index in [2.05, 4.69) is 9.97 Å². The molecule has 2 aromatic heterocycles. The Balaban J connectivity index is 2.13. The summed E-state index contributed by atoms with van der Waals surface area (Å²) in [5.41, 5.74) is 7.88. The molecule has 82 valence electrons. The Labute approximate surface area is 95.4 Å². The van der Waals surface area contributed by atoms with Gasteiger partial charge in [-0.1, -0.05) is 12.1 Å². The molecular weight excluding hydrogens is 198 g/mol. The Morgan fingerprint density at radius 1 is 1.00 bits per heavy atom. The predicted octanol–water partition coefficient (Wildman–Crippen LogP) is 1.76. The molecule has 0 radical (unpaired) electrons. The molecule has 0 aliphatic carbocycles. The first-order chi connectivity index (χ1) is 7.90. The van der Waals surface area contributed by atoms with E-state index >= 15 is 0 Å². The van der Waals surface area contributed by atoms with Crippen LogP contribution in [-0.2, 0) is 6.42 Å². The van der Waals surface area contributed by atoms with Crippen molar-refractivity contribution < 1.29 is 0 Å². The minimum atomic E-state index is 0.246. The average Bonchev–Trinajstić information content (AvgIpc) is 2.38. The monoisotopic (exact) mass is 213 g/mol. The number of pyridine rings is 2. The van der Waals surface area contributed by atoms with Gasteiger partial charge in [0.05, 0.1) is 0 Å². The Kier molecular flexibility index (Phi) is 3.62. The van der Waals surface area contributed by atoms with Crippen molar-refractivity contribution in [1.29, 1.82) is 0 Å². The van der Waals surface area contributed by atoms with Crippen LogP contribution in [0.4, 0.5) is 0 Å². The van der Waals surface area contributed by atoms with Crippen LogP contribution in [0.25, 0.3) is 0 Å². The number of hydrogen-bond acceptors (Lipinski definition) is 3. The smallest absolute Gasteiger partial charge is 0.0451 e. The first kappa shape index (κ1) is 10.8. The van der Waals surface area contributed by atoms with E-state index in [0.29, 0.717) is 6.54 Å². The summed E-state index contributed by atoms with van der Waals surface area (Å²) < 4.78 is 0. The maximum atomic E-state index is 5.78. The molecule has 0 bridgehead atoms. The summed E-state index contributed by atoms with van der Waals surface area (Å²) in [6.07, 6.45) is 4.45. The highest BCUT2D eigenvalue weighted by atomic mass is 14.7. The second-order valence-electron chi connectivity index (χ2n) is 3.71. The van der Waals surface area contributed by atoms with Crippen LogP contribution >= 0.6 is 0 Å². The van der Waals surface area contributed by atoms with Crippen molar-refractivity contribution in [2.75, 3.05) is 6.54 Å². The van der Waals surface area contributed by atoms with Crippen molar-refractivity contribution >= 4 is 0 Å². The molecule has 2 heterocycles. The Morgan fingerprint density at radius 2 is 1.75 bits per heavy atom. The van der Waals surface area contributed by atoms with Crippen LogP contribution in [0.3, 0.4) is 0 Å². The molecule has 2 N–H and O–H groups in total. The number of nitrogens with zero attached hydrogens (tertiary/aromatic N) is 2. The van der Waals surface area contributed by atoms with E-state index in [1.165, 1.54) is 0 Å². The molecule has 0 aliphatic heterocycles. The number of aromatic nitrogens is 2. The van der Waals surface area contributed by atoms with Crippen LogP contribution in [-0.4, -0.2) is 16.5 Å². The van der Waals surface area contributed by atoms with Gasteiger partial charge in [-0.05, 0) is 30.7 Å². The first-order valence-corrected chi connectivity index (χ1v) is 5.41. The van der Waals surface area contributed by atoms with Gasteiger partial charge in [-0.25, -0.2) is 0 Å². The van der Waals surface area contributed by atoms with Crippen molar-refractivity contribution in [3.05, 3.63) is 60.2 Å². The highest BCUT2D eigenvalue weighted by molar-refractivity contribution is 5.14. The van der Waals surface area contributed by atoms with E-state index < -0.39 is 0 Å². The van der Waals surface area contributed by atoms with E-state index in [9.17, 15) is 0 Å². The van der Waals surface area contributed by atoms with Gasteiger partial charge in [-0.15, -0.1) is 0 Å². The molecule has 0 saturated carbocycles. The fourth-order valence-corrected chi connectivity index (χ4v) is 1.70. The molecule has 16 heavy (non-hydrogen) atoms. The van der Waals surface area contributed by atoms with E-state index in [1.807, 2.05) is 36.4 Å². The standard InChI is InChI=1S/C13H15N3/c14-10-11(13-6-2-4-8-16-13)9-12-5-1-3-7-15-12/h1-8,11H,9-10,14H2. The molecule has 0 amide bonds. The highest BCUT2D eigenvalue weighted by Crippen LogP contribution is 2.16. The third kappa shape index (κ3) is 2.64. The van der Waals surface area contributed by atoms with Crippen LogP contribution in [0.1, 0.15) is 17.3 Å². The van der Waals surface area contributed by atoms with Gasteiger partial charge in [-0.2, -0.15) is 0 Å². The molecule has 3 nitrogen and oxygen atoms in total. The van der Waals surface area contributed by atoms with Crippen molar-refractivity contribution in [2.24, 2.45) is 5.73 Å². The lowest BCUT2D eigenvalue weighted by molar-refractivity contribution is 0.662. The lowest BCUT2D eigenvalue weighted by Crippen LogP contribution is -2.16. The quantitative estimate of drug-likeness (QED) is 0.842. The minimum absolute atomic E-state index is 0.246. The molecule has 2 aromatic rings. The van der Waals surface area contributed by atoms with Crippen molar-refractivity contribution in [3.63, 3.8) is 0 Å². The van der Waals surface area contributed by atoms with Crippen molar-refractivity contribution in [3.8, 4) is 0 Å². The molecule has 0 fully saturated rings. The molecule has 1 atom stereocenters. The molecule has 0 saturated heterocycles. The minimum Gasteiger partial charge on any atom is -0.330 e. The topological polar surface area (TPSA) is 51.8 Å². The maximum absolute atomic E-state index is 5.78. The average molecular weight is 213 g/mol. The summed E-state index contributed by atoms with van der Waals surface area (Å²) in [4.78, 5) is 8.65. The van der Waals surface area contributed by atoms with Crippen molar-refractivity contribution in [2.45, 2.75) is 12.3 Å². The Hall–Kier alpha value is -1.74. The summed E-state index contributed by atoms with van der Waals surface area (Å²) in [6.45, 7) is 0.591. The van der Waals surface area contributed by atoms with E-state index in [-0.39, 0.29) is 5.92 Å². The van der Waals surface area contributed by atoms with Crippen LogP contribution in [0.15, 0.2) is 48.8 Å². The molecule has 0 spiro atoms. The van der Waals surface area contributed by atoms with E-state index in [1.54, 1.807) is 12.4 Å². The third-order valence-corrected chi connectivity index (χ3v) is 2.57. The van der Waals surface area contributed by atoms with Gasteiger partial charge in [0, 0.05) is 36.2 Å². The molecule has 3 heteroatoms. The predicted molar refractivity (Wildman–Crippen MR) is 64.0 cm³/mol. The van der Waals surface area contributed by atoms with E-state index in [4.69, 9.17) is 5.73 Å². The SMILES string of the molecule is NCC(Cc1ccccn1)c1ccccn1. The summed E-state index contributed by atoms with van der Waals surface area (Å²) in [5.74, 6) is 0.246. The lowest BCUT2D eigenvalue weighted by Gasteiger charge is -2.13. The fraction of sp³-hybridized carbons (Fsp3) is 0.231. The Bertz CT molecular complexity index is 414. The van der Waals surface area contributed by atoms with Gasteiger partial charge in [0.1, 0.15) is 0 Å². The number of rotatable bonds is 4. The largest absolute Gasteiger partial charge is 0.330 e. The van der Waals surface area contributed by atoms with Crippen LogP contribution in [0.2, 0.25) is 0 Å². The number of hydrogen-bond donors (Lipinski definition) is 1. The summed E-state index contributed by atoms with van der Waals surface area (Å²) in [5, 5.41) is 0. The maximum Gasteiger partial charge on any atom is 0.0451 e. The van der Waals surface area contributed by atoms with Gasteiger partial charge in [0.25, 0.3) is 0 Å². The lowest BCUT2D eigenvalue weighted by atomic mass is 9.98. The van der Waals surface area contributed by atoms with Gasteiger partial charge in [-0.3, -0.25) is 9.97 Å². The normalized spacial score (nSPS) is 12.3. The second kappa shape index (κ2) is 5.37.